The van der Waals surface area contributed by atoms with Crippen LogP contribution in [0.4, 0.5) is 11.4 Å². The zero-order chi connectivity index (χ0) is 16.4. The van der Waals surface area contributed by atoms with E-state index in [1.807, 2.05) is 31.2 Å². The minimum atomic E-state index is -0.192. The van der Waals surface area contributed by atoms with Gasteiger partial charge in [0.2, 0.25) is 5.91 Å². The lowest BCUT2D eigenvalue weighted by Gasteiger charge is -2.16. The number of nitrogens with one attached hydrogen (secondary N) is 1. The third-order valence-corrected chi connectivity index (χ3v) is 4.52. The van der Waals surface area contributed by atoms with Crippen LogP contribution in [0, 0.1) is 6.92 Å². The van der Waals surface area contributed by atoms with Gasteiger partial charge >= 0.3 is 0 Å². The van der Waals surface area contributed by atoms with Gasteiger partial charge in [0.05, 0.1) is 5.69 Å². The van der Waals surface area contributed by atoms with Crippen LogP contribution in [-0.2, 0) is 4.79 Å². The van der Waals surface area contributed by atoms with Gasteiger partial charge in [-0.2, -0.15) is 0 Å². The number of nitrogens with zero attached hydrogens (tertiary/aromatic N) is 1. The van der Waals surface area contributed by atoms with Gasteiger partial charge in [-0.3, -0.25) is 9.59 Å². The number of hydrogen-bond acceptors (Lipinski definition) is 2. The van der Waals surface area contributed by atoms with Crippen LogP contribution >= 0.6 is 15.9 Å². The summed E-state index contributed by atoms with van der Waals surface area (Å²) in [4.78, 5) is 26.0. The summed E-state index contributed by atoms with van der Waals surface area (Å²) in [5.74, 6) is -0.0770. The number of rotatable bonds is 3. The van der Waals surface area contributed by atoms with Crippen molar-refractivity contribution in [2.45, 2.75) is 19.8 Å². The topological polar surface area (TPSA) is 49.4 Å². The third-order valence-electron chi connectivity index (χ3n) is 3.87. The highest BCUT2D eigenvalue weighted by Crippen LogP contribution is 2.25. The van der Waals surface area contributed by atoms with Crippen LogP contribution in [0.1, 0.15) is 28.8 Å². The molecular formula is C18H17BrN2O2. The van der Waals surface area contributed by atoms with Gasteiger partial charge in [-0.25, -0.2) is 0 Å². The zero-order valence-corrected chi connectivity index (χ0v) is 14.4. The number of anilines is 2. The molecule has 2 aromatic rings. The molecule has 1 heterocycles. The molecule has 0 unspecified atom stereocenters. The SMILES string of the molecule is Cc1ccc(NC(=O)c2cccc(N3CCCC3=O)c2)c(Br)c1. The summed E-state index contributed by atoms with van der Waals surface area (Å²) < 4.78 is 0.844. The van der Waals surface area contributed by atoms with Gasteiger partial charge in [0.15, 0.2) is 0 Å². The fourth-order valence-corrected chi connectivity index (χ4v) is 3.24. The molecule has 5 heteroatoms. The molecule has 2 amide bonds. The fraction of sp³-hybridized carbons (Fsp3) is 0.222. The molecule has 0 spiro atoms. The van der Waals surface area contributed by atoms with Gasteiger partial charge in [0.25, 0.3) is 5.91 Å². The molecule has 0 bridgehead atoms. The Labute approximate surface area is 143 Å². The van der Waals surface area contributed by atoms with E-state index >= 15 is 0 Å². The van der Waals surface area contributed by atoms with E-state index in [0.29, 0.717) is 18.5 Å². The standard InChI is InChI=1S/C18H17BrN2O2/c1-12-7-8-16(15(19)10-12)20-18(23)13-4-2-5-14(11-13)21-9-3-6-17(21)22/h2,4-5,7-8,10-11H,3,6,9H2,1H3,(H,20,23). The predicted octanol–water partition coefficient (Wildman–Crippen LogP) is 4.14. The van der Waals surface area contributed by atoms with Gasteiger partial charge in [0.1, 0.15) is 0 Å². The van der Waals surface area contributed by atoms with Crippen LogP contribution in [0.15, 0.2) is 46.9 Å². The molecule has 0 radical (unpaired) electrons. The normalized spacial score (nSPS) is 14.2. The van der Waals surface area contributed by atoms with Crippen LogP contribution in [0.25, 0.3) is 0 Å². The van der Waals surface area contributed by atoms with Gasteiger partial charge in [-0.05, 0) is 65.2 Å². The second-order valence-corrected chi connectivity index (χ2v) is 6.49. The zero-order valence-electron chi connectivity index (χ0n) is 12.8. The molecule has 23 heavy (non-hydrogen) atoms. The van der Waals surface area contributed by atoms with Crippen LogP contribution in [0.3, 0.4) is 0 Å². The highest BCUT2D eigenvalue weighted by molar-refractivity contribution is 9.10. The average molecular weight is 373 g/mol. The fourth-order valence-electron chi connectivity index (χ4n) is 2.65. The van der Waals surface area contributed by atoms with Crippen LogP contribution in [0.2, 0.25) is 0 Å². The van der Waals surface area contributed by atoms with Crippen molar-refractivity contribution >= 4 is 39.1 Å². The molecule has 0 aliphatic carbocycles. The summed E-state index contributed by atoms with van der Waals surface area (Å²) in [7, 11) is 0. The minimum absolute atomic E-state index is 0.115. The molecule has 1 N–H and O–H groups in total. The maximum absolute atomic E-state index is 12.5. The van der Waals surface area contributed by atoms with Crippen molar-refractivity contribution in [2.24, 2.45) is 0 Å². The summed E-state index contributed by atoms with van der Waals surface area (Å²) in [6.45, 7) is 2.71. The lowest BCUT2D eigenvalue weighted by atomic mass is 10.1. The largest absolute Gasteiger partial charge is 0.321 e. The van der Waals surface area contributed by atoms with Gasteiger partial charge in [-0.1, -0.05) is 12.1 Å². The Bertz CT molecular complexity index is 773. The van der Waals surface area contributed by atoms with E-state index in [1.165, 1.54) is 0 Å². The summed E-state index contributed by atoms with van der Waals surface area (Å²) in [5, 5.41) is 2.89. The number of hydrogen-bond donors (Lipinski definition) is 1. The lowest BCUT2D eigenvalue weighted by molar-refractivity contribution is -0.117. The van der Waals surface area contributed by atoms with E-state index in [4.69, 9.17) is 0 Å². The first kappa shape index (κ1) is 15.7. The van der Waals surface area contributed by atoms with E-state index < -0.39 is 0 Å². The van der Waals surface area contributed by atoms with Crippen molar-refractivity contribution in [3.8, 4) is 0 Å². The first-order chi connectivity index (χ1) is 11.0. The van der Waals surface area contributed by atoms with Crippen molar-refractivity contribution in [3.63, 3.8) is 0 Å². The average Bonchev–Trinajstić information content (AvgIpc) is 2.96. The van der Waals surface area contributed by atoms with E-state index in [9.17, 15) is 9.59 Å². The van der Waals surface area contributed by atoms with Crippen LogP contribution in [-0.4, -0.2) is 18.4 Å². The Balaban J connectivity index is 1.81. The van der Waals surface area contributed by atoms with E-state index in [1.54, 1.807) is 23.1 Å². The molecule has 1 aliphatic rings. The molecule has 0 saturated carbocycles. The molecule has 3 rings (SSSR count). The smallest absolute Gasteiger partial charge is 0.255 e. The van der Waals surface area contributed by atoms with E-state index in [-0.39, 0.29) is 11.8 Å². The number of halogens is 1. The Morgan fingerprint density at radius 3 is 2.74 bits per heavy atom. The highest BCUT2D eigenvalue weighted by Gasteiger charge is 2.22. The van der Waals surface area contributed by atoms with Crippen molar-refractivity contribution in [3.05, 3.63) is 58.1 Å². The van der Waals surface area contributed by atoms with Gasteiger partial charge in [-0.15, -0.1) is 0 Å². The Kier molecular flexibility index (Phi) is 4.48. The van der Waals surface area contributed by atoms with E-state index in [0.717, 1.165) is 27.8 Å². The predicted molar refractivity (Wildman–Crippen MR) is 94.9 cm³/mol. The van der Waals surface area contributed by atoms with Crippen molar-refractivity contribution < 1.29 is 9.59 Å². The second kappa shape index (κ2) is 6.54. The summed E-state index contributed by atoms with van der Waals surface area (Å²) in [6.07, 6.45) is 1.44. The first-order valence-electron chi connectivity index (χ1n) is 7.52. The highest BCUT2D eigenvalue weighted by atomic mass is 79.9. The number of carbonyl (C=O) groups excluding carboxylic acids is 2. The first-order valence-corrected chi connectivity index (χ1v) is 8.32. The molecule has 2 aromatic carbocycles. The molecule has 0 aromatic heterocycles. The monoisotopic (exact) mass is 372 g/mol. The van der Waals surface area contributed by atoms with Crippen molar-refractivity contribution in [1.29, 1.82) is 0 Å². The summed E-state index contributed by atoms with van der Waals surface area (Å²) >= 11 is 3.46. The Morgan fingerprint density at radius 1 is 1.22 bits per heavy atom. The number of aryl methyl sites for hydroxylation is 1. The number of carbonyl (C=O) groups is 2. The lowest BCUT2D eigenvalue weighted by Crippen LogP contribution is -2.24. The van der Waals surface area contributed by atoms with E-state index in [2.05, 4.69) is 21.2 Å². The maximum atomic E-state index is 12.5. The molecule has 1 aliphatic heterocycles. The minimum Gasteiger partial charge on any atom is -0.321 e. The third kappa shape index (κ3) is 3.45. The van der Waals surface area contributed by atoms with Crippen LogP contribution < -0.4 is 10.2 Å². The second-order valence-electron chi connectivity index (χ2n) is 5.64. The Morgan fingerprint density at radius 2 is 2.04 bits per heavy atom. The molecular weight excluding hydrogens is 356 g/mol. The quantitative estimate of drug-likeness (QED) is 0.879. The van der Waals surface area contributed by atoms with Crippen molar-refractivity contribution in [2.75, 3.05) is 16.8 Å². The number of amides is 2. The number of benzene rings is 2. The van der Waals surface area contributed by atoms with Gasteiger partial charge < -0.3 is 10.2 Å². The molecule has 1 saturated heterocycles. The van der Waals surface area contributed by atoms with Gasteiger partial charge in [0, 0.05) is 28.7 Å². The Hall–Kier alpha value is -2.14. The van der Waals surface area contributed by atoms with Crippen molar-refractivity contribution in [1.82, 2.24) is 0 Å². The maximum Gasteiger partial charge on any atom is 0.255 e. The molecule has 118 valence electrons. The summed E-state index contributed by atoms with van der Waals surface area (Å²) in [6, 6.07) is 12.9. The molecule has 0 atom stereocenters. The van der Waals surface area contributed by atoms with Crippen LogP contribution in [0.5, 0.6) is 0 Å². The molecule has 4 nitrogen and oxygen atoms in total. The molecule has 1 fully saturated rings. The summed E-state index contributed by atoms with van der Waals surface area (Å²) in [5.41, 5.74) is 3.16.